The number of nitrogens with one attached hydrogen (secondary N) is 2. The molecule has 96 valence electrons. The van der Waals surface area contributed by atoms with Gasteiger partial charge in [-0.25, -0.2) is 9.59 Å². The molecular weight excluding hydrogens is 226 g/mol. The average Bonchev–Trinajstić information content (AvgIpc) is 2.90. The summed E-state index contributed by atoms with van der Waals surface area (Å²) in [5.41, 5.74) is 4.88. The lowest BCUT2D eigenvalue weighted by molar-refractivity contribution is -0.140. The fraction of sp³-hybridized carbons (Fsp3) is 0.700. The van der Waals surface area contributed by atoms with Crippen molar-refractivity contribution < 1.29 is 19.5 Å². The molecule has 3 atom stereocenters. The second-order valence-corrected chi connectivity index (χ2v) is 4.39. The number of hydrogen-bond donors (Lipinski definition) is 4. The van der Waals surface area contributed by atoms with Gasteiger partial charge in [0.25, 0.3) is 0 Å². The lowest BCUT2D eigenvalue weighted by Gasteiger charge is -2.13. The van der Waals surface area contributed by atoms with E-state index in [1.54, 1.807) is 0 Å². The van der Waals surface area contributed by atoms with Crippen LogP contribution in [0.5, 0.6) is 0 Å². The minimum absolute atomic E-state index is 0.414. The maximum atomic E-state index is 11.3. The first-order chi connectivity index (χ1) is 7.90. The summed E-state index contributed by atoms with van der Waals surface area (Å²) >= 11 is 0. The molecule has 1 aliphatic carbocycles. The van der Waals surface area contributed by atoms with E-state index in [1.807, 2.05) is 0 Å². The molecule has 3 amide bonds. The van der Waals surface area contributed by atoms with Crippen LogP contribution in [0.2, 0.25) is 0 Å². The van der Waals surface area contributed by atoms with Gasteiger partial charge in [0.2, 0.25) is 5.91 Å². The topological polar surface area (TPSA) is 122 Å². The van der Waals surface area contributed by atoms with Crippen LogP contribution in [-0.4, -0.2) is 35.6 Å². The number of hydrogen-bond acceptors (Lipinski definition) is 3. The number of aliphatic carboxylic acids is 1. The summed E-state index contributed by atoms with van der Waals surface area (Å²) in [5.74, 6) is -0.969. The Hall–Kier alpha value is -1.79. The first-order valence-corrected chi connectivity index (χ1v) is 5.45. The third-order valence-corrected chi connectivity index (χ3v) is 2.81. The minimum Gasteiger partial charge on any atom is -0.480 e. The Morgan fingerprint density at radius 2 is 2.06 bits per heavy atom. The van der Waals surface area contributed by atoms with E-state index in [9.17, 15) is 14.4 Å². The van der Waals surface area contributed by atoms with Crippen molar-refractivity contribution in [2.24, 2.45) is 17.6 Å². The summed E-state index contributed by atoms with van der Waals surface area (Å²) in [5, 5.41) is 13.5. The number of carboxylic acid groups (broad SMARTS) is 1. The van der Waals surface area contributed by atoms with E-state index in [2.05, 4.69) is 17.6 Å². The van der Waals surface area contributed by atoms with Gasteiger partial charge in [-0.2, -0.15) is 0 Å². The molecule has 0 aromatic heterocycles. The Morgan fingerprint density at radius 1 is 1.47 bits per heavy atom. The van der Waals surface area contributed by atoms with Crippen LogP contribution in [0.25, 0.3) is 0 Å². The van der Waals surface area contributed by atoms with Crippen molar-refractivity contribution >= 4 is 17.9 Å². The van der Waals surface area contributed by atoms with Gasteiger partial charge in [0.05, 0.1) is 6.42 Å². The molecule has 7 nitrogen and oxygen atoms in total. The van der Waals surface area contributed by atoms with Gasteiger partial charge in [-0.15, -0.1) is 0 Å². The van der Waals surface area contributed by atoms with E-state index < -0.39 is 30.4 Å². The second kappa shape index (κ2) is 5.51. The van der Waals surface area contributed by atoms with Crippen molar-refractivity contribution in [3.63, 3.8) is 0 Å². The highest BCUT2D eigenvalue weighted by Crippen LogP contribution is 2.36. The van der Waals surface area contributed by atoms with Crippen LogP contribution in [0.4, 0.5) is 4.79 Å². The Bertz CT molecular complexity index is 332. The molecule has 0 bridgehead atoms. The van der Waals surface area contributed by atoms with Gasteiger partial charge in [0.15, 0.2) is 0 Å². The van der Waals surface area contributed by atoms with Gasteiger partial charge < -0.3 is 21.5 Å². The van der Waals surface area contributed by atoms with Crippen LogP contribution in [0.3, 0.4) is 0 Å². The molecule has 0 saturated heterocycles. The number of urea groups is 1. The predicted molar refractivity (Wildman–Crippen MR) is 59.0 cm³/mol. The van der Waals surface area contributed by atoms with Gasteiger partial charge >= 0.3 is 12.0 Å². The van der Waals surface area contributed by atoms with Gasteiger partial charge in [0.1, 0.15) is 6.04 Å². The second-order valence-electron chi connectivity index (χ2n) is 4.39. The lowest BCUT2D eigenvalue weighted by Crippen LogP contribution is -2.48. The highest BCUT2D eigenvalue weighted by Gasteiger charge is 2.32. The Morgan fingerprint density at radius 3 is 2.47 bits per heavy atom. The average molecular weight is 243 g/mol. The number of primary amides is 1. The van der Waals surface area contributed by atoms with Crippen molar-refractivity contribution in [3.05, 3.63) is 0 Å². The molecule has 0 aromatic carbocycles. The normalized spacial score (nSPS) is 23.6. The Balaban J connectivity index is 2.30. The van der Waals surface area contributed by atoms with Gasteiger partial charge in [-0.3, -0.25) is 4.79 Å². The predicted octanol–water partition coefficient (Wildman–Crippen LogP) is -0.730. The molecule has 0 aromatic rings. The maximum Gasteiger partial charge on any atom is 0.326 e. The highest BCUT2D eigenvalue weighted by molar-refractivity contribution is 5.87. The highest BCUT2D eigenvalue weighted by atomic mass is 16.4. The van der Waals surface area contributed by atoms with Crippen LogP contribution < -0.4 is 16.4 Å². The largest absolute Gasteiger partial charge is 0.480 e. The van der Waals surface area contributed by atoms with E-state index >= 15 is 0 Å². The lowest BCUT2D eigenvalue weighted by atomic mass is 10.2. The molecule has 1 saturated carbocycles. The van der Waals surface area contributed by atoms with Crippen LogP contribution in [0.1, 0.15) is 19.8 Å². The van der Waals surface area contributed by atoms with Gasteiger partial charge in [0, 0.05) is 6.54 Å². The van der Waals surface area contributed by atoms with Crippen molar-refractivity contribution in [1.29, 1.82) is 0 Å². The molecule has 0 radical (unpaired) electrons. The molecule has 1 rings (SSSR count). The molecule has 2 unspecified atom stereocenters. The molecular formula is C10H17N3O4. The van der Waals surface area contributed by atoms with Crippen LogP contribution in [0.15, 0.2) is 0 Å². The fourth-order valence-corrected chi connectivity index (χ4v) is 1.52. The quantitative estimate of drug-likeness (QED) is 0.491. The Kier molecular flexibility index (Phi) is 4.30. The molecule has 7 heteroatoms. The van der Waals surface area contributed by atoms with E-state index in [-0.39, 0.29) is 0 Å². The third kappa shape index (κ3) is 4.71. The molecule has 17 heavy (non-hydrogen) atoms. The van der Waals surface area contributed by atoms with Crippen LogP contribution >= 0.6 is 0 Å². The Labute approximate surface area is 98.7 Å². The minimum atomic E-state index is -1.28. The van der Waals surface area contributed by atoms with Crippen molar-refractivity contribution in [3.8, 4) is 0 Å². The first kappa shape index (κ1) is 13.3. The third-order valence-electron chi connectivity index (χ3n) is 2.81. The van der Waals surface area contributed by atoms with Crippen molar-refractivity contribution in [2.45, 2.75) is 25.8 Å². The zero-order valence-corrected chi connectivity index (χ0v) is 9.60. The smallest absolute Gasteiger partial charge is 0.326 e. The van der Waals surface area contributed by atoms with Gasteiger partial charge in [-0.1, -0.05) is 6.92 Å². The number of amides is 3. The standard InChI is InChI=1S/C10H17N3O4/c1-5-2-6(5)4-12-10(17)13-7(9(15)16)3-8(11)14/h5-7H,2-4H2,1H3,(H2,11,14)(H,15,16)(H2,12,13,17)/t5?,6?,7-/m0/s1. The number of nitrogens with two attached hydrogens (primary N) is 1. The van der Waals surface area contributed by atoms with Crippen LogP contribution in [-0.2, 0) is 9.59 Å². The zero-order valence-electron chi connectivity index (χ0n) is 9.60. The first-order valence-electron chi connectivity index (χ1n) is 5.45. The fourth-order valence-electron chi connectivity index (χ4n) is 1.52. The monoisotopic (exact) mass is 243 g/mol. The van der Waals surface area contributed by atoms with E-state index in [0.29, 0.717) is 18.4 Å². The molecule has 5 N–H and O–H groups in total. The van der Waals surface area contributed by atoms with Gasteiger partial charge in [-0.05, 0) is 18.3 Å². The summed E-state index contributed by atoms with van der Waals surface area (Å²) in [6.07, 6.45) is 0.659. The van der Waals surface area contributed by atoms with E-state index in [1.165, 1.54) is 0 Å². The molecule has 1 fully saturated rings. The number of rotatable bonds is 6. The molecule has 0 aliphatic heterocycles. The number of carbonyl (C=O) groups is 3. The van der Waals surface area contributed by atoms with Crippen LogP contribution in [0, 0.1) is 11.8 Å². The van der Waals surface area contributed by atoms with Crippen molar-refractivity contribution in [1.82, 2.24) is 10.6 Å². The van der Waals surface area contributed by atoms with Crippen molar-refractivity contribution in [2.75, 3.05) is 6.54 Å². The summed E-state index contributed by atoms with van der Waals surface area (Å²) in [4.78, 5) is 32.7. The summed E-state index contributed by atoms with van der Waals surface area (Å²) in [6, 6.07) is -1.86. The summed E-state index contributed by atoms with van der Waals surface area (Å²) in [6.45, 7) is 2.60. The summed E-state index contributed by atoms with van der Waals surface area (Å²) in [7, 11) is 0. The SMILES string of the molecule is CC1CC1CNC(=O)N[C@@H](CC(N)=O)C(=O)O. The number of carboxylic acids is 1. The van der Waals surface area contributed by atoms with E-state index in [4.69, 9.17) is 10.8 Å². The molecule has 0 spiro atoms. The molecule has 1 aliphatic rings. The summed E-state index contributed by atoms with van der Waals surface area (Å²) < 4.78 is 0. The zero-order chi connectivity index (χ0) is 13.0. The maximum absolute atomic E-state index is 11.3. The van der Waals surface area contributed by atoms with E-state index in [0.717, 1.165) is 6.42 Å². The number of carbonyl (C=O) groups excluding carboxylic acids is 2. The molecule has 0 heterocycles.